The first-order chi connectivity index (χ1) is 8.20. The second-order valence-corrected chi connectivity index (χ2v) is 4.10. The van der Waals surface area contributed by atoms with E-state index in [1.165, 1.54) is 11.8 Å². The van der Waals surface area contributed by atoms with Gasteiger partial charge in [0.2, 0.25) is 0 Å². The molecule has 0 atom stereocenters. The number of halogens is 1. The molecule has 2 aromatic rings. The monoisotopic (exact) mass is 232 g/mol. The summed E-state index contributed by atoms with van der Waals surface area (Å²) in [5, 5.41) is 3.33. The van der Waals surface area contributed by atoms with Crippen LogP contribution in [0, 0.1) is 12.7 Å². The van der Waals surface area contributed by atoms with Gasteiger partial charge in [0.05, 0.1) is 6.54 Å². The number of hydrogen-bond acceptors (Lipinski definition) is 1. The molecule has 90 valence electrons. The highest BCUT2D eigenvalue weighted by Crippen LogP contribution is 2.16. The number of nitrogens with zero attached hydrogens (tertiary/aromatic N) is 1. The van der Waals surface area contributed by atoms with Crippen LogP contribution in [0.15, 0.2) is 36.5 Å². The van der Waals surface area contributed by atoms with Gasteiger partial charge >= 0.3 is 0 Å². The van der Waals surface area contributed by atoms with E-state index in [2.05, 4.69) is 29.1 Å². The summed E-state index contributed by atoms with van der Waals surface area (Å²) in [6.07, 6.45) is 2.06. The van der Waals surface area contributed by atoms with Crippen molar-refractivity contribution in [1.82, 2.24) is 4.57 Å². The maximum atomic E-state index is 12.9. The molecule has 2 nitrogen and oxygen atoms in total. The number of rotatable bonds is 4. The Hall–Kier alpha value is -1.77. The third-order valence-electron chi connectivity index (χ3n) is 2.91. The predicted octanol–water partition coefficient (Wildman–Crippen LogP) is 3.57. The lowest BCUT2D eigenvalue weighted by atomic mass is 10.2. The molecule has 0 saturated heterocycles. The molecule has 3 heteroatoms. The lowest BCUT2D eigenvalue weighted by molar-refractivity contribution is 0.627. The zero-order valence-electron chi connectivity index (χ0n) is 10.2. The molecule has 0 saturated carbocycles. The van der Waals surface area contributed by atoms with Crippen molar-refractivity contribution in [3.63, 3.8) is 0 Å². The number of nitrogens with one attached hydrogen (secondary N) is 1. The minimum atomic E-state index is -0.190. The third-order valence-corrected chi connectivity index (χ3v) is 2.91. The van der Waals surface area contributed by atoms with Crippen LogP contribution in [0.2, 0.25) is 0 Å². The van der Waals surface area contributed by atoms with Gasteiger partial charge in [-0.05, 0) is 49.7 Å². The van der Waals surface area contributed by atoms with Gasteiger partial charge in [-0.15, -0.1) is 0 Å². The lowest BCUT2D eigenvalue weighted by Gasteiger charge is -2.11. The largest absolute Gasteiger partial charge is 0.379 e. The summed E-state index contributed by atoms with van der Waals surface area (Å²) in [6.45, 7) is 5.75. The Bertz CT molecular complexity index is 503. The summed E-state index contributed by atoms with van der Waals surface area (Å²) < 4.78 is 15.1. The zero-order valence-corrected chi connectivity index (χ0v) is 10.2. The fourth-order valence-corrected chi connectivity index (χ4v) is 1.93. The lowest BCUT2D eigenvalue weighted by Crippen LogP contribution is -2.06. The maximum Gasteiger partial charge on any atom is 0.123 e. The standard InChI is InChI=1S/C14H17FN2/c1-3-17-8-4-5-13(17)10-16-14-7-6-12(15)9-11(14)2/h4-9,16H,3,10H2,1-2H3. The van der Waals surface area contributed by atoms with Crippen LogP contribution in [0.25, 0.3) is 0 Å². The number of aryl methyl sites for hydroxylation is 2. The highest BCUT2D eigenvalue weighted by Gasteiger charge is 2.02. The minimum absolute atomic E-state index is 0.190. The third kappa shape index (κ3) is 2.67. The molecule has 17 heavy (non-hydrogen) atoms. The van der Waals surface area contributed by atoms with Crippen LogP contribution in [0.1, 0.15) is 18.2 Å². The Kier molecular flexibility index (Phi) is 3.47. The van der Waals surface area contributed by atoms with Crippen LogP contribution in [-0.4, -0.2) is 4.57 Å². The first-order valence-electron chi connectivity index (χ1n) is 5.84. The summed E-state index contributed by atoms with van der Waals surface area (Å²) >= 11 is 0. The van der Waals surface area contributed by atoms with Crippen molar-refractivity contribution in [3.05, 3.63) is 53.6 Å². The molecular formula is C14H17FN2. The van der Waals surface area contributed by atoms with Crippen LogP contribution < -0.4 is 5.32 Å². The van der Waals surface area contributed by atoms with Crippen LogP contribution >= 0.6 is 0 Å². The van der Waals surface area contributed by atoms with E-state index >= 15 is 0 Å². The summed E-state index contributed by atoms with van der Waals surface area (Å²) in [4.78, 5) is 0. The summed E-state index contributed by atoms with van der Waals surface area (Å²) in [5.74, 6) is -0.190. The van der Waals surface area contributed by atoms with Crippen molar-refractivity contribution >= 4 is 5.69 Å². The molecule has 1 aromatic heterocycles. The van der Waals surface area contributed by atoms with Crippen LogP contribution in [-0.2, 0) is 13.1 Å². The van der Waals surface area contributed by atoms with E-state index in [4.69, 9.17) is 0 Å². The minimum Gasteiger partial charge on any atom is -0.379 e. The van der Waals surface area contributed by atoms with Gasteiger partial charge in [0.15, 0.2) is 0 Å². The van der Waals surface area contributed by atoms with Crippen LogP contribution in [0.4, 0.5) is 10.1 Å². The molecule has 0 aliphatic rings. The SMILES string of the molecule is CCn1cccc1CNc1ccc(F)cc1C. The van der Waals surface area contributed by atoms with Gasteiger partial charge in [0.1, 0.15) is 5.82 Å². The van der Waals surface area contributed by atoms with E-state index in [0.29, 0.717) is 0 Å². The van der Waals surface area contributed by atoms with Crippen molar-refractivity contribution in [2.24, 2.45) is 0 Å². The van der Waals surface area contributed by atoms with E-state index in [-0.39, 0.29) is 5.82 Å². The first kappa shape index (κ1) is 11.7. The molecule has 1 N–H and O–H groups in total. The number of anilines is 1. The van der Waals surface area contributed by atoms with Crippen LogP contribution in [0.5, 0.6) is 0 Å². The van der Waals surface area contributed by atoms with E-state index in [0.717, 1.165) is 24.3 Å². The molecule has 0 spiro atoms. The molecule has 0 amide bonds. The van der Waals surface area contributed by atoms with Crippen molar-refractivity contribution in [1.29, 1.82) is 0 Å². The van der Waals surface area contributed by atoms with Crippen molar-refractivity contribution in [2.45, 2.75) is 26.9 Å². The molecule has 0 aliphatic heterocycles. The van der Waals surface area contributed by atoms with Crippen molar-refractivity contribution in [3.8, 4) is 0 Å². The highest BCUT2D eigenvalue weighted by molar-refractivity contribution is 5.50. The smallest absolute Gasteiger partial charge is 0.123 e. The van der Waals surface area contributed by atoms with Gasteiger partial charge in [-0.25, -0.2) is 4.39 Å². The van der Waals surface area contributed by atoms with Crippen molar-refractivity contribution < 1.29 is 4.39 Å². The average molecular weight is 232 g/mol. The average Bonchev–Trinajstić information content (AvgIpc) is 2.75. The second kappa shape index (κ2) is 5.04. The van der Waals surface area contributed by atoms with E-state index in [1.54, 1.807) is 12.1 Å². The number of benzene rings is 1. The van der Waals surface area contributed by atoms with E-state index in [9.17, 15) is 4.39 Å². The summed E-state index contributed by atoms with van der Waals surface area (Å²) in [6, 6.07) is 8.94. The van der Waals surface area contributed by atoms with Gasteiger partial charge in [-0.2, -0.15) is 0 Å². The van der Waals surface area contributed by atoms with E-state index in [1.807, 2.05) is 13.0 Å². The molecule has 0 radical (unpaired) electrons. The fourth-order valence-electron chi connectivity index (χ4n) is 1.93. The van der Waals surface area contributed by atoms with Crippen LogP contribution in [0.3, 0.4) is 0 Å². The first-order valence-corrected chi connectivity index (χ1v) is 5.84. The molecular weight excluding hydrogens is 215 g/mol. The Morgan fingerprint density at radius 3 is 2.82 bits per heavy atom. The molecule has 0 unspecified atom stereocenters. The van der Waals surface area contributed by atoms with Gasteiger partial charge in [-0.1, -0.05) is 0 Å². The zero-order chi connectivity index (χ0) is 12.3. The normalized spacial score (nSPS) is 10.5. The molecule has 1 heterocycles. The van der Waals surface area contributed by atoms with E-state index < -0.39 is 0 Å². The Labute approximate surface area is 101 Å². The Morgan fingerprint density at radius 2 is 2.12 bits per heavy atom. The molecule has 1 aromatic carbocycles. The predicted molar refractivity (Wildman–Crippen MR) is 68.6 cm³/mol. The van der Waals surface area contributed by atoms with Gasteiger partial charge in [-0.3, -0.25) is 0 Å². The maximum absolute atomic E-state index is 12.9. The van der Waals surface area contributed by atoms with Gasteiger partial charge in [0.25, 0.3) is 0 Å². The highest BCUT2D eigenvalue weighted by atomic mass is 19.1. The number of aromatic nitrogens is 1. The molecule has 2 rings (SSSR count). The summed E-state index contributed by atoms with van der Waals surface area (Å²) in [5.41, 5.74) is 3.14. The van der Waals surface area contributed by atoms with Gasteiger partial charge in [0, 0.05) is 24.1 Å². The van der Waals surface area contributed by atoms with Gasteiger partial charge < -0.3 is 9.88 Å². The molecule has 0 bridgehead atoms. The topological polar surface area (TPSA) is 17.0 Å². The van der Waals surface area contributed by atoms with Crippen molar-refractivity contribution in [2.75, 3.05) is 5.32 Å². The second-order valence-electron chi connectivity index (χ2n) is 4.10. The Morgan fingerprint density at radius 1 is 1.29 bits per heavy atom. The molecule has 0 fully saturated rings. The summed E-state index contributed by atoms with van der Waals surface area (Å²) in [7, 11) is 0. The Balaban J connectivity index is 2.07. The number of hydrogen-bond donors (Lipinski definition) is 1. The fraction of sp³-hybridized carbons (Fsp3) is 0.286. The quantitative estimate of drug-likeness (QED) is 0.852. The molecule has 0 aliphatic carbocycles.